The van der Waals surface area contributed by atoms with Gasteiger partial charge in [0.15, 0.2) is 0 Å². The summed E-state index contributed by atoms with van der Waals surface area (Å²) in [5, 5.41) is 24.5. The molecule has 6 rings (SSSR count). The molecule has 6 aromatic carbocycles. The monoisotopic (exact) mass is 914 g/mol. The molecular formula is C49H60BrN2O8P. The first kappa shape index (κ1) is 50.6. The third-order valence-corrected chi connectivity index (χ3v) is 10.9. The summed E-state index contributed by atoms with van der Waals surface area (Å²) in [5.74, 6) is -2.73. The normalized spacial score (nSPS) is 12.0. The van der Waals surface area contributed by atoms with Gasteiger partial charge in [0.05, 0.1) is 14.1 Å². The van der Waals surface area contributed by atoms with Crippen molar-refractivity contribution in [3.8, 4) is 0 Å². The van der Waals surface area contributed by atoms with Crippen molar-refractivity contribution in [2.45, 2.75) is 83.7 Å². The second-order valence-electron chi connectivity index (χ2n) is 15.2. The van der Waals surface area contributed by atoms with Gasteiger partial charge in [-0.15, -0.1) is 0 Å². The van der Waals surface area contributed by atoms with E-state index in [2.05, 4.69) is 177 Å². The molecule has 0 saturated heterocycles. The van der Waals surface area contributed by atoms with Gasteiger partial charge in [-0.2, -0.15) is 0 Å². The number of rotatable bonds is 15. The number of benzene rings is 6. The fraction of sp³-hybridized carbons (Fsp3) is 0.306. The minimum absolute atomic E-state index is 0.331. The zero-order valence-corrected chi connectivity index (χ0v) is 38.0. The number of aliphatic carboxylic acids is 2. The van der Waals surface area contributed by atoms with Crippen molar-refractivity contribution in [3.05, 3.63) is 165 Å². The average molecular weight is 916 g/mol. The van der Waals surface area contributed by atoms with Crippen molar-refractivity contribution in [3.63, 3.8) is 0 Å². The summed E-state index contributed by atoms with van der Waals surface area (Å²) in [6, 6.07) is 47.1. The van der Waals surface area contributed by atoms with Gasteiger partial charge in [0.2, 0.25) is 0 Å². The van der Waals surface area contributed by atoms with Crippen molar-refractivity contribution in [1.29, 1.82) is 0 Å². The van der Waals surface area contributed by atoms with Crippen LogP contribution >= 0.6 is 23.8 Å². The van der Waals surface area contributed by atoms with Gasteiger partial charge in [-0.05, 0) is 114 Å². The molecule has 0 aliphatic heterocycles. The molecule has 12 heteroatoms. The van der Waals surface area contributed by atoms with E-state index in [-0.39, 0.29) is 0 Å². The number of carboxylic acid groups (broad SMARTS) is 2. The predicted octanol–water partition coefficient (Wildman–Crippen LogP) is 6.17. The summed E-state index contributed by atoms with van der Waals surface area (Å²) in [5.41, 5.74) is 12.9. The van der Waals surface area contributed by atoms with E-state index >= 15 is 0 Å². The molecule has 0 amide bonds. The minimum Gasteiger partial charge on any atom is -0.550 e. The molecule has 0 fully saturated rings. The Morgan fingerprint density at radius 1 is 0.705 bits per heavy atom. The van der Waals surface area contributed by atoms with E-state index in [1.807, 2.05) is 0 Å². The lowest BCUT2D eigenvalue weighted by molar-refractivity contribution is -0.892. The van der Waals surface area contributed by atoms with Gasteiger partial charge in [-0.1, -0.05) is 132 Å². The number of phosphoric acid groups is 1. The summed E-state index contributed by atoms with van der Waals surface area (Å²) >= 11 is 3.48. The molecule has 0 radical (unpaired) electrons. The number of halogens is 1. The van der Waals surface area contributed by atoms with E-state index < -0.39 is 32.6 Å². The number of carbonyl (C=O) groups excluding carboxylic acids is 2. The Bertz CT molecular complexity index is 2300. The van der Waals surface area contributed by atoms with Crippen LogP contribution in [-0.4, -0.2) is 40.7 Å². The topological polar surface area (TPSA) is 190 Å². The van der Waals surface area contributed by atoms with E-state index in [1.165, 1.54) is 85.5 Å². The smallest absolute Gasteiger partial charge is 0.466 e. The van der Waals surface area contributed by atoms with Crippen LogP contribution in [0.2, 0.25) is 0 Å². The number of quaternary nitrogens is 2. The van der Waals surface area contributed by atoms with Gasteiger partial charge in [0, 0.05) is 40.4 Å². The third kappa shape index (κ3) is 18.8. The van der Waals surface area contributed by atoms with Crippen LogP contribution in [0, 0.1) is 6.92 Å². The lowest BCUT2D eigenvalue weighted by Gasteiger charge is -2.22. The number of hydrogen-bond acceptors (Lipinski definition) is 5. The molecule has 0 aromatic heterocycles. The van der Waals surface area contributed by atoms with Crippen LogP contribution in [0.5, 0.6) is 0 Å². The third-order valence-electron chi connectivity index (χ3n) is 10.4. The Labute approximate surface area is 368 Å². The number of nitrogens with one attached hydrogen (secondary N) is 1. The van der Waals surface area contributed by atoms with Gasteiger partial charge in [0.1, 0.15) is 12.1 Å². The summed E-state index contributed by atoms with van der Waals surface area (Å²) in [7, 11) is -0.0593. The highest BCUT2D eigenvalue weighted by Gasteiger charge is 2.18. The van der Waals surface area contributed by atoms with Crippen LogP contribution in [0.1, 0.15) is 90.9 Å². The molecule has 0 bridgehead atoms. The van der Waals surface area contributed by atoms with E-state index in [9.17, 15) is 19.8 Å². The first-order chi connectivity index (χ1) is 29.0. The maximum Gasteiger partial charge on any atom is 0.466 e. The number of fused-ring (bicyclic) bond motifs is 2. The number of hydrogen-bond donors (Lipinski definition) is 5. The molecule has 326 valence electrons. The highest BCUT2D eigenvalue weighted by Crippen LogP contribution is 2.27. The molecule has 10 nitrogen and oxygen atoms in total. The van der Waals surface area contributed by atoms with E-state index in [4.69, 9.17) is 19.2 Å². The van der Waals surface area contributed by atoms with Gasteiger partial charge in [-0.3, -0.25) is 0 Å². The number of unbranched alkanes of at least 4 members (excludes halogenated alkanes) is 1. The van der Waals surface area contributed by atoms with Crippen molar-refractivity contribution in [2.75, 3.05) is 14.1 Å². The largest absolute Gasteiger partial charge is 0.550 e. The molecular weight excluding hydrogens is 855 g/mol. The zero-order valence-electron chi connectivity index (χ0n) is 35.6. The molecule has 2 unspecified atom stereocenters. The first-order valence-electron chi connectivity index (χ1n) is 20.6. The van der Waals surface area contributed by atoms with Crippen molar-refractivity contribution >= 4 is 57.2 Å². The van der Waals surface area contributed by atoms with Gasteiger partial charge in [-0.25, -0.2) is 4.57 Å². The SMILES string of the molecule is CCc1cccc(C(CCCCc2c(C)ccc3ccccc23)[NH+](C)C)c1.O=C([O-])CCC(=O)[O-].O=P(O)(O)O.[NH3+]C(CCc1cccc2ccccc12)c1ccc(Br)cc1. The Hall–Kier alpha value is -4.71. The molecule has 2 atom stereocenters. The quantitative estimate of drug-likeness (QED) is 0.0598. The maximum absolute atomic E-state index is 9.50. The average Bonchev–Trinajstić information content (AvgIpc) is 3.22. The maximum atomic E-state index is 9.50. The molecule has 0 aliphatic rings. The molecule has 61 heavy (non-hydrogen) atoms. The van der Waals surface area contributed by atoms with Gasteiger partial charge >= 0.3 is 7.82 Å². The lowest BCUT2D eigenvalue weighted by Crippen LogP contribution is -3.06. The van der Waals surface area contributed by atoms with Crippen molar-refractivity contribution in [2.24, 2.45) is 0 Å². The standard InChI is InChI=1S/C26H33N.C19H18BrN.C4H6O4.H3O4P/c1-5-21-11-10-13-23(19-21)26(27(3)4)16-9-8-14-24-20(2)17-18-22-12-6-7-15-25(22)24;20-17-11-8-16(9-12-17)19(21)13-10-15-6-3-5-14-4-1-2-7-18(14)15;5-3(6)1-2-4(7)8;1-5(2,3)4/h6-7,10-13,15,17-19,26H,5,8-9,14,16H2,1-4H3;1-9,11-12,19H,10,13,21H2;1-2H2,(H,5,6)(H,7,8);(H3,1,2,3,4). The number of aryl methyl sites for hydroxylation is 4. The number of carbonyl (C=O) groups is 2. The molecule has 0 saturated carbocycles. The Balaban J connectivity index is 0.000000257. The fourth-order valence-electron chi connectivity index (χ4n) is 7.19. The Morgan fingerprint density at radius 2 is 1.26 bits per heavy atom. The van der Waals surface area contributed by atoms with E-state index in [1.54, 1.807) is 0 Å². The highest BCUT2D eigenvalue weighted by atomic mass is 79.9. The van der Waals surface area contributed by atoms with E-state index in [0.29, 0.717) is 12.1 Å². The molecule has 0 spiro atoms. The van der Waals surface area contributed by atoms with E-state index in [0.717, 1.165) is 23.7 Å². The summed E-state index contributed by atoms with van der Waals surface area (Å²) in [6.45, 7) is 4.49. The fourth-order valence-corrected chi connectivity index (χ4v) is 7.46. The Kier molecular flexibility index (Phi) is 21.5. The van der Waals surface area contributed by atoms with Gasteiger partial charge < -0.3 is 45.1 Å². The van der Waals surface area contributed by atoms with Crippen LogP contribution in [0.25, 0.3) is 21.5 Å². The van der Waals surface area contributed by atoms with Gasteiger partial charge in [0.25, 0.3) is 0 Å². The van der Waals surface area contributed by atoms with Crippen LogP contribution in [0.4, 0.5) is 0 Å². The molecule has 0 heterocycles. The van der Waals surface area contributed by atoms with Crippen molar-refractivity contribution < 1.29 is 49.7 Å². The second-order valence-corrected chi connectivity index (χ2v) is 17.2. The minimum atomic E-state index is -4.64. The summed E-state index contributed by atoms with van der Waals surface area (Å²) in [6.07, 6.45) is 7.26. The number of carboxylic acids is 2. The summed E-state index contributed by atoms with van der Waals surface area (Å²) in [4.78, 5) is 42.1. The molecule has 0 aliphatic carbocycles. The van der Waals surface area contributed by atoms with Crippen LogP contribution < -0.4 is 20.8 Å². The van der Waals surface area contributed by atoms with Crippen LogP contribution in [0.15, 0.2) is 132 Å². The molecule has 6 aromatic rings. The van der Waals surface area contributed by atoms with Crippen LogP contribution in [0.3, 0.4) is 0 Å². The van der Waals surface area contributed by atoms with Crippen molar-refractivity contribution in [1.82, 2.24) is 0 Å². The highest BCUT2D eigenvalue weighted by molar-refractivity contribution is 9.10. The predicted molar refractivity (Wildman–Crippen MR) is 243 cm³/mol. The first-order valence-corrected chi connectivity index (χ1v) is 22.9. The van der Waals surface area contributed by atoms with Crippen LogP contribution in [-0.2, 0) is 33.4 Å². The second kappa shape index (κ2) is 25.9. The lowest BCUT2D eigenvalue weighted by atomic mass is 9.93. The summed E-state index contributed by atoms with van der Waals surface area (Å²) < 4.78 is 10.0. The zero-order chi connectivity index (χ0) is 45.0. The molecule has 7 N–H and O–H groups in total. The Morgan fingerprint density at radius 3 is 1.85 bits per heavy atom.